The monoisotopic (exact) mass is 287 g/mol. The Kier molecular flexibility index (Phi) is 6.78. The van der Waals surface area contributed by atoms with Crippen LogP contribution >= 0.6 is 0 Å². The zero-order valence-corrected chi connectivity index (χ0v) is 11.6. The average molecular weight is 287 g/mol. The molecule has 0 aliphatic carbocycles. The lowest BCUT2D eigenvalue weighted by molar-refractivity contribution is -0.140. The fourth-order valence-corrected chi connectivity index (χ4v) is 1.65. The Labute approximate surface area is 117 Å². The molecule has 1 atom stereocenters. The molecular formula is C12H21N3O5. The first-order valence-electron chi connectivity index (χ1n) is 6.60. The predicted molar refractivity (Wildman–Crippen MR) is 70.2 cm³/mol. The van der Waals surface area contributed by atoms with E-state index in [9.17, 15) is 14.4 Å². The molecule has 0 aromatic rings. The molecule has 0 spiro atoms. The summed E-state index contributed by atoms with van der Waals surface area (Å²) in [5, 5.41) is 13.6. The fourth-order valence-electron chi connectivity index (χ4n) is 1.65. The Morgan fingerprint density at radius 1 is 1.25 bits per heavy atom. The van der Waals surface area contributed by atoms with Gasteiger partial charge in [0, 0.05) is 32.6 Å². The second kappa shape index (κ2) is 8.36. The Morgan fingerprint density at radius 2 is 1.90 bits per heavy atom. The maximum absolute atomic E-state index is 11.8. The van der Waals surface area contributed by atoms with E-state index in [-0.39, 0.29) is 25.4 Å². The van der Waals surface area contributed by atoms with Crippen molar-refractivity contribution < 1.29 is 24.2 Å². The number of carbonyl (C=O) groups is 3. The van der Waals surface area contributed by atoms with Crippen LogP contribution in [0.25, 0.3) is 0 Å². The molecule has 1 rings (SSSR count). The van der Waals surface area contributed by atoms with Crippen LogP contribution in [0.15, 0.2) is 0 Å². The van der Waals surface area contributed by atoms with Crippen molar-refractivity contribution in [1.82, 2.24) is 15.5 Å². The molecule has 1 fully saturated rings. The van der Waals surface area contributed by atoms with Gasteiger partial charge >= 0.3 is 12.0 Å². The van der Waals surface area contributed by atoms with E-state index >= 15 is 0 Å². The molecule has 114 valence electrons. The quantitative estimate of drug-likeness (QED) is 0.596. The maximum Gasteiger partial charge on any atom is 0.314 e. The molecule has 0 saturated carbocycles. The first-order valence-corrected chi connectivity index (χ1v) is 6.60. The number of nitrogens with zero attached hydrogens (tertiary/aromatic N) is 1. The molecule has 1 aliphatic rings. The van der Waals surface area contributed by atoms with Gasteiger partial charge in [-0.05, 0) is 0 Å². The summed E-state index contributed by atoms with van der Waals surface area (Å²) in [4.78, 5) is 35.4. The molecule has 0 aromatic carbocycles. The van der Waals surface area contributed by atoms with E-state index in [4.69, 9.17) is 9.84 Å². The number of aliphatic carboxylic acids is 1. The first kappa shape index (κ1) is 16.2. The fraction of sp³-hybridized carbons (Fsp3) is 0.750. The van der Waals surface area contributed by atoms with Gasteiger partial charge in [-0.3, -0.25) is 9.59 Å². The highest BCUT2D eigenvalue weighted by molar-refractivity contribution is 5.78. The smallest absolute Gasteiger partial charge is 0.314 e. The summed E-state index contributed by atoms with van der Waals surface area (Å²) in [6.07, 6.45) is 0.224. The van der Waals surface area contributed by atoms with Crippen LogP contribution in [0.5, 0.6) is 0 Å². The van der Waals surface area contributed by atoms with Crippen molar-refractivity contribution >= 4 is 17.9 Å². The van der Waals surface area contributed by atoms with Gasteiger partial charge in [-0.25, -0.2) is 4.79 Å². The molecule has 1 unspecified atom stereocenters. The lowest BCUT2D eigenvalue weighted by Crippen LogP contribution is -2.43. The Morgan fingerprint density at radius 3 is 2.50 bits per heavy atom. The van der Waals surface area contributed by atoms with Crippen LogP contribution in [0.4, 0.5) is 4.79 Å². The summed E-state index contributed by atoms with van der Waals surface area (Å²) in [6.45, 7) is 4.05. The van der Waals surface area contributed by atoms with E-state index in [0.717, 1.165) is 0 Å². The zero-order valence-electron chi connectivity index (χ0n) is 11.6. The van der Waals surface area contributed by atoms with Crippen molar-refractivity contribution in [2.75, 3.05) is 39.4 Å². The standard InChI is InChI=1S/C12H21N3O5/c1-9(11(17)18)8-14-12(19)13-3-2-10(16)15-4-6-20-7-5-15/h9H,2-8H2,1H3,(H,17,18)(H2,13,14,19). The average Bonchev–Trinajstić information content (AvgIpc) is 2.45. The highest BCUT2D eigenvalue weighted by Gasteiger charge is 2.16. The Bertz CT molecular complexity index is 355. The molecular weight excluding hydrogens is 266 g/mol. The molecule has 3 N–H and O–H groups in total. The minimum atomic E-state index is -0.965. The van der Waals surface area contributed by atoms with Crippen molar-refractivity contribution in [2.45, 2.75) is 13.3 Å². The van der Waals surface area contributed by atoms with Crippen LogP contribution in [-0.4, -0.2) is 67.3 Å². The van der Waals surface area contributed by atoms with Gasteiger partial charge < -0.3 is 25.4 Å². The molecule has 8 heteroatoms. The lowest BCUT2D eigenvalue weighted by atomic mass is 10.2. The van der Waals surface area contributed by atoms with Crippen LogP contribution < -0.4 is 10.6 Å². The second-order valence-electron chi connectivity index (χ2n) is 4.62. The van der Waals surface area contributed by atoms with E-state index in [0.29, 0.717) is 26.3 Å². The number of nitrogens with one attached hydrogen (secondary N) is 2. The number of carboxylic acid groups (broad SMARTS) is 1. The van der Waals surface area contributed by atoms with E-state index in [2.05, 4.69) is 10.6 Å². The van der Waals surface area contributed by atoms with Crippen LogP contribution in [-0.2, 0) is 14.3 Å². The number of urea groups is 1. The molecule has 1 saturated heterocycles. The van der Waals surface area contributed by atoms with Crippen LogP contribution in [0.2, 0.25) is 0 Å². The van der Waals surface area contributed by atoms with E-state index < -0.39 is 17.9 Å². The number of morpholine rings is 1. The zero-order chi connectivity index (χ0) is 15.0. The predicted octanol–water partition coefficient (Wildman–Crippen LogP) is -0.745. The van der Waals surface area contributed by atoms with E-state index in [1.54, 1.807) is 4.90 Å². The van der Waals surface area contributed by atoms with Crippen molar-refractivity contribution in [2.24, 2.45) is 5.92 Å². The van der Waals surface area contributed by atoms with Gasteiger partial charge in [0.25, 0.3) is 0 Å². The summed E-state index contributed by atoms with van der Waals surface area (Å²) < 4.78 is 5.14. The van der Waals surface area contributed by atoms with Crippen molar-refractivity contribution in [3.63, 3.8) is 0 Å². The molecule has 1 heterocycles. The van der Waals surface area contributed by atoms with Crippen LogP contribution in [0.3, 0.4) is 0 Å². The lowest BCUT2D eigenvalue weighted by Gasteiger charge is -2.26. The molecule has 20 heavy (non-hydrogen) atoms. The first-order chi connectivity index (χ1) is 9.50. The van der Waals surface area contributed by atoms with Gasteiger partial charge in [0.2, 0.25) is 5.91 Å². The summed E-state index contributed by atoms with van der Waals surface area (Å²) in [7, 11) is 0. The maximum atomic E-state index is 11.8. The Hall–Kier alpha value is -1.83. The van der Waals surface area contributed by atoms with Crippen molar-refractivity contribution in [3.05, 3.63) is 0 Å². The highest BCUT2D eigenvalue weighted by Crippen LogP contribution is 1.99. The molecule has 1 aliphatic heterocycles. The van der Waals surface area contributed by atoms with Crippen LogP contribution in [0.1, 0.15) is 13.3 Å². The number of amides is 3. The van der Waals surface area contributed by atoms with Gasteiger partial charge in [-0.2, -0.15) is 0 Å². The highest BCUT2D eigenvalue weighted by atomic mass is 16.5. The van der Waals surface area contributed by atoms with Gasteiger partial charge in [0.05, 0.1) is 19.1 Å². The van der Waals surface area contributed by atoms with E-state index in [1.807, 2.05) is 0 Å². The van der Waals surface area contributed by atoms with Gasteiger partial charge in [0.1, 0.15) is 0 Å². The second-order valence-corrected chi connectivity index (χ2v) is 4.62. The summed E-state index contributed by atoms with van der Waals surface area (Å²) in [6, 6.07) is -0.465. The van der Waals surface area contributed by atoms with Gasteiger partial charge in [-0.1, -0.05) is 6.92 Å². The molecule has 0 bridgehead atoms. The summed E-state index contributed by atoms with van der Waals surface area (Å²) in [5.74, 6) is -1.63. The minimum absolute atomic E-state index is 0.0208. The number of hydrogen-bond acceptors (Lipinski definition) is 4. The molecule has 0 radical (unpaired) electrons. The third-order valence-electron chi connectivity index (χ3n) is 2.98. The summed E-state index contributed by atoms with van der Waals surface area (Å²) in [5.41, 5.74) is 0. The SMILES string of the molecule is CC(CNC(=O)NCCC(=O)N1CCOCC1)C(=O)O. The van der Waals surface area contributed by atoms with Gasteiger partial charge in [0.15, 0.2) is 0 Å². The molecule has 0 aromatic heterocycles. The molecule has 3 amide bonds. The number of hydrogen-bond donors (Lipinski definition) is 3. The van der Waals surface area contributed by atoms with Crippen molar-refractivity contribution in [1.29, 1.82) is 0 Å². The van der Waals surface area contributed by atoms with Crippen LogP contribution in [0, 0.1) is 5.92 Å². The van der Waals surface area contributed by atoms with E-state index in [1.165, 1.54) is 6.92 Å². The number of carboxylic acids is 1. The molecule has 8 nitrogen and oxygen atoms in total. The van der Waals surface area contributed by atoms with Crippen molar-refractivity contribution in [3.8, 4) is 0 Å². The van der Waals surface area contributed by atoms with Gasteiger partial charge in [-0.15, -0.1) is 0 Å². The Balaban J connectivity index is 2.12. The third-order valence-corrected chi connectivity index (χ3v) is 2.98. The normalized spacial score (nSPS) is 16.4. The summed E-state index contributed by atoms with van der Waals surface area (Å²) >= 11 is 0. The number of carbonyl (C=O) groups excluding carboxylic acids is 2. The largest absolute Gasteiger partial charge is 0.481 e. The number of ether oxygens (including phenoxy) is 1. The minimum Gasteiger partial charge on any atom is -0.481 e. The topological polar surface area (TPSA) is 108 Å². The number of rotatable bonds is 6. The third kappa shape index (κ3) is 5.87.